The Morgan fingerprint density at radius 3 is 1.77 bits per heavy atom. The van der Waals surface area contributed by atoms with Crippen molar-refractivity contribution in [3.8, 4) is 11.8 Å². The molecule has 0 unspecified atom stereocenters. The van der Waals surface area contributed by atoms with Crippen molar-refractivity contribution in [1.82, 2.24) is 0 Å². The van der Waals surface area contributed by atoms with E-state index in [2.05, 4.69) is 0 Å². The molecule has 2 N–H and O–H groups in total. The number of phenols is 1. The molecule has 0 atom stereocenters. The van der Waals surface area contributed by atoms with Crippen molar-refractivity contribution < 1.29 is 23.4 Å². The molecule has 2 aromatic carbocycles. The summed E-state index contributed by atoms with van der Waals surface area (Å²) in [5, 5.41) is 29.4. The van der Waals surface area contributed by atoms with Gasteiger partial charge in [-0.3, -0.25) is 0 Å². The van der Waals surface area contributed by atoms with Gasteiger partial charge in [0.15, 0.2) is 0 Å². The number of aromatic carboxylic acids is 1. The summed E-state index contributed by atoms with van der Waals surface area (Å²) >= 11 is 0. The predicted molar refractivity (Wildman–Crippen MR) is 120 cm³/mol. The first kappa shape index (κ1) is 24.2. The SMILES string of the molecule is CC(C)(C)c1cc(/C=C(\C#N)S(=O)(=O)c2ccc(C(=O)O)cc2)cc(C(C)(C)C)c1O. The summed E-state index contributed by atoms with van der Waals surface area (Å²) < 4.78 is 26.0. The molecule has 7 heteroatoms. The number of phenolic OH excluding ortho intramolecular Hbond substituents is 1. The Morgan fingerprint density at radius 1 is 0.968 bits per heavy atom. The highest BCUT2D eigenvalue weighted by Crippen LogP contribution is 2.40. The van der Waals surface area contributed by atoms with E-state index in [1.54, 1.807) is 18.2 Å². The van der Waals surface area contributed by atoms with Gasteiger partial charge in [-0.25, -0.2) is 13.2 Å². The quantitative estimate of drug-likeness (QED) is 0.643. The van der Waals surface area contributed by atoms with Gasteiger partial charge in [-0.1, -0.05) is 41.5 Å². The van der Waals surface area contributed by atoms with Crippen molar-refractivity contribution in [1.29, 1.82) is 5.26 Å². The van der Waals surface area contributed by atoms with E-state index < -0.39 is 31.5 Å². The van der Waals surface area contributed by atoms with Crippen LogP contribution in [0.15, 0.2) is 46.2 Å². The highest BCUT2D eigenvalue weighted by molar-refractivity contribution is 7.95. The lowest BCUT2D eigenvalue weighted by molar-refractivity contribution is 0.0696. The Hall–Kier alpha value is -3.11. The lowest BCUT2D eigenvalue weighted by Gasteiger charge is -2.28. The first-order valence-electron chi connectivity index (χ1n) is 9.67. The van der Waals surface area contributed by atoms with E-state index in [1.165, 1.54) is 30.3 Å². The fourth-order valence-electron chi connectivity index (χ4n) is 3.11. The Balaban J connectivity index is 2.70. The molecule has 0 saturated heterocycles. The zero-order valence-electron chi connectivity index (χ0n) is 18.5. The fourth-order valence-corrected chi connectivity index (χ4v) is 4.27. The molecule has 0 aromatic heterocycles. The third-order valence-corrected chi connectivity index (χ3v) is 6.54. The van der Waals surface area contributed by atoms with Gasteiger partial charge in [0.2, 0.25) is 9.84 Å². The molecule has 0 fully saturated rings. The number of hydrogen-bond acceptors (Lipinski definition) is 5. The van der Waals surface area contributed by atoms with Crippen molar-refractivity contribution >= 4 is 21.9 Å². The van der Waals surface area contributed by atoms with Crippen LogP contribution in [0.25, 0.3) is 6.08 Å². The van der Waals surface area contributed by atoms with E-state index in [4.69, 9.17) is 5.11 Å². The third-order valence-electron chi connectivity index (χ3n) is 4.86. The normalized spacial score (nSPS) is 13.0. The molecule has 0 amide bonds. The van der Waals surface area contributed by atoms with Crippen LogP contribution in [0.4, 0.5) is 0 Å². The molecular weight excluding hydrogens is 414 g/mol. The number of allylic oxidation sites excluding steroid dienone is 1. The van der Waals surface area contributed by atoms with Crippen LogP contribution in [-0.4, -0.2) is 24.6 Å². The summed E-state index contributed by atoms with van der Waals surface area (Å²) in [6.07, 6.45) is 1.28. The van der Waals surface area contributed by atoms with Crippen molar-refractivity contribution in [3.05, 3.63) is 63.6 Å². The van der Waals surface area contributed by atoms with E-state index in [0.29, 0.717) is 16.7 Å². The molecule has 0 saturated carbocycles. The Kier molecular flexibility index (Phi) is 6.39. The minimum absolute atomic E-state index is 0.0513. The molecule has 0 spiro atoms. The first-order valence-corrected chi connectivity index (χ1v) is 11.2. The molecule has 164 valence electrons. The smallest absolute Gasteiger partial charge is 0.335 e. The van der Waals surface area contributed by atoms with Gasteiger partial charge >= 0.3 is 5.97 Å². The van der Waals surface area contributed by atoms with E-state index in [-0.39, 0.29) is 16.2 Å². The second kappa shape index (κ2) is 8.20. The van der Waals surface area contributed by atoms with Crippen LogP contribution >= 0.6 is 0 Å². The molecule has 6 nitrogen and oxygen atoms in total. The number of sulfone groups is 1. The third kappa shape index (κ3) is 5.15. The maximum Gasteiger partial charge on any atom is 0.335 e. The highest BCUT2D eigenvalue weighted by Gasteiger charge is 2.27. The Morgan fingerprint density at radius 2 is 1.42 bits per heavy atom. The fraction of sp³-hybridized carbons (Fsp3) is 0.333. The van der Waals surface area contributed by atoms with Gasteiger partial charge in [-0.05, 0) is 58.9 Å². The van der Waals surface area contributed by atoms with Gasteiger partial charge in [0.05, 0.1) is 10.5 Å². The zero-order chi connectivity index (χ0) is 23.8. The summed E-state index contributed by atoms with van der Waals surface area (Å²) in [6.45, 7) is 11.6. The highest BCUT2D eigenvalue weighted by atomic mass is 32.2. The van der Waals surface area contributed by atoms with E-state index in [9.17, 15) is 23.6 Å². The number of carboxylic acids is 1. The maximum atomic E-state index is 13.0. The largest absolute Gasteiger partial charge is 0.507 e. The second-order valence-electron chi connectivity index (χ2n) is 9.42. The standard InChI is InChI=1S/C24H27NO5S/c1-23(2,3)19-12-15(13-20(21(19)26)24(4,5)6)11-18(14-25)31(29,30)17-9-7-16(8-10-17)22(27)28/h7-13,26H,1-6H3,(H,27,28)/b18-11+. The van der Waals surface area contributed by atoms with Crippen LogP contribution in [0.3, 0.4) is 0 Å². The molecule has 2 rings (SSSR count). The summed E-state index contributed by atoms with van der Waals surface area (Å²) in [5.74, 6) is -1.02. The average molecular weight is 442 g/mol. The second-order valence-corrected chi connectivity index (χ2v) is 11.3. The van der Waals surface area contributed by atoms with Crippen LogP contribution in [0.1, 0.15) is 68.6 Å². The number of hydrogen-bond donors (Lipinski definition) is 2. The molecule has 0 bridgehead atoms. The van der Waals surface area contributed by atoms with Gasteiger partial charge < -0.3 is 10.2 Å². The minimum atomic E-state index is -4.15. The van der Waals surface area contributed by atoms with Crippen molar-refractivity contribution in [2.45, 2.75) is 57.3 Å². The number of carbonyl (C=O) groups is 1. The number of nitriles is 1. The molecule has 0 aliphatic rings. The van der Waals surface area contributed by atoms with E-state index in [1.807, 2.05) is 41.5 Å². The van der Waals surface area contributed by atoms with Crippen LogP contribution in [0.5, 0.6) is 5.75 Å². The number of rotatable bonds is 4. The maximum absolute atomic E-state index is 13.0. The molecule has 0 aliphatic carbocycles. The Bertz CT molecular complexity index is 1150. The first-order chi connectivity index (χ1) is 14.1. The van der Waals surface area contributed by atoms with Gasteiger partial charge in [0.25, 0.3) is 0 Å². The van der Waals surface area contributed by atoms with Gasteiger partial charge in [-0.15, -0.1) is 0 Å². The van der Waals surface area contributed by atoms with Crippen LogP contribution < -0.4 is 0 Å². The predicted octanol–water partition coefficient (Wildman–Crippen LogP) is 5.02. The van der Waals surface area contributed by atoms with Crippen molar-refractivity contribution in [2.24, 2.45) is 0 Å². The number of nitrogens with zero attached hydrogens (tertiary/aromatic N) is 1. The van der Waals surface area contributed by atoms with Gasteiger partial charge in [0.1, 0.15) is 16.7 Å². The molecule has 0 radical (unpaired) electrons. The summed E-state index contributed by atoms with van der Waals surface area (Å²) in [6, 6.07) is 9.82. The number of carboxylic acid groups (broad SMARTS) is 1. The van der Waals surface area contributed by atoms with Crippen LogP contribution in [0.2, 0.25) is 0 Å². The zero-order valence-corrected chi connectivity index (χ0v) is 19.3. The molecule has 0 aliphatic heterocycles. The van der Waals surface area contributed by atoms with Crippen LogP contribution in [0, 0.1) is 11.3 Å². The molecule has 2 aromatic rings. The van der Waals surface area contributed by atoms with Gasteiger partial charge in [-0.2, -0.15) is 5.26 Å². The number of benzene rings is 2. The number of aromatic hydroxyl groups is 1. The molecule has 31 heavy (non-hydrogen) atoms. The summed E-state index contributed by atoms with van der Waals surface area (Å²) in [4.78, 5) is 10.4. The molecular formula is C24H27NO5S. The lowest BCUT2D eigenvalue weighted by Crippen LogP contribution is -2.17. The molecule has 0 heterocycles. The van der Waals surface area contributed by atoms with E-state index >= 15 is 0 Å². The minimum Gasteiger partial charge on any atom is -0.507 e. The van der Waals surface area contributed by atoms with Gasteiger partial charge in [0, 0.05) is 11.1 Å². The van der Waals surface area contributed by atoms with Crippen LogP contribution in [-0.2, 0) is 20.7 Å². The topological polar surface area (TPSA) is 115 Å². The average Bonchev–Trinajstić information content (AvgIpc) is 2.65. The van der Waals surface area contributed by atoms with Crippen molar-refractivity contribution in [2.75, 3.05) is 0 Å². The summed E-state index contributed by atoms with van der Waals surface area (Å²) in [7, 11) is -4.15. The lowest BCUT2D eigenvalue weighted by atomic mass is 9.78. The van der Waals surface area contributed by atoms with E-state index in [0.717, 1.165) is 0 Å². The Labute approximate surface area is 183 Å². The van der Waals surface area contributed by atoms with Crippen molar-refractivity contribution in [3.63, 3.8) is 0 Å². The monoisotopic (exact) mass is 441 g/mol. The summed E-state index contributed by atoms with van der Waals surface area (Å²) in [5.41, 5.74) is 0.899.